The molecule has 152 valence electrons. The number of benzene rings is 1. The van der Waals surface area contributed by atoms with Crippen molar-refractivity contribution < 1.29 is 26.7 Å². The van der Waals surface area contributed by atoms with Crippen molar-refractivity contribution in [3.8, 4) is 11.3 Å². The Bertz CT molecular complexity index is 890. The van der Waals surface area contributed by atoms with Gasteiger partial charge in [-0.25, -0.2) is 4.39 Å². The zero-order chi connectivity index (χ0) is 20.9. The highest BCUT2D eigenvalue weighted by molar-refractivity contribution is 5.92. The molecular weight excluding hydrogens is 381 g/mol. The van der Waals surface area contributed by atoms with Crippen LogP contribution in [-0.2, 0) is 11.8 Å². The minimum atomic E-state index is -4.18. The largest absolute Gasteiger partial charge is 0.313 e. The summed E-state index contributed by atoms with van der Waals surface area (Å²) in [6.07, 6.45) is -1.73. The minimum Gasteiger partial charge on any atom is -0.311 e. The van der Waals surface area contributed by atoms with Crippen LogP contribution in [0.5, 0.6) is 0 Å². The summed E-state index contributed by atoms with van der Waals surface area (Å²) in [7, 11) is 1.57. The van der Waals surface area contributed by atoms with Crippen LogP contribution < -0.4 is 5.32 Å². The lowest BCUT2D eigenvalue weighted by atomic mass is 9.74. The Morgan fingerprint density at radius 1 is 1.25 bits per heavy atom. The standard InChI is InChI=1S/C19H20F5N3O/c1-10(2)15-16(11-4-6-13(20)7-5-11)26-27(3)17(15)25-14(28)8-12-9-18(21,22)19(12,23)24/h4-7,10,12H,8-9H2,1-3H3,(H,25,28)/t12-/m1/s1. The number of carbonyl (C=O) groups excluding carboxylic acids is 1. The van der Waals surface area contributed by atoms with Crippen LogP contribution in [0.3, 0.4) is 0 Å². The fraction of sp³-hybridized carbons (Fsp3) is 0.474. The van der Waals surface area contributed by atoms with Crippen molar-refractivity contribution in [1.29, 1.82) is 0 Å². The molecule has 1 aliphatic carbocycles. The molecule has 1 amide bonds. The number of hydrogen-bond donors (Lipinski definition) is 1. The molecule has 4 nitrogen and oxygen atoms in total. The van der Waals surface area contributed by atoms with Gasteiger partial charge in [-0.2, -0.15) is 22.7 Å². The van der Waals surface area contributed by atoms with Crippen LogP contribution in [0.1, 0.15) is 38.2 Å². The molecule has 0 saturated heterocycles. The molecule has 9 heteroatoms. The highest BCUT2D eigenvalue weighted by Crippen LogP contribution is 2.56. The summed E-state index contributed by atoms with van der Waals surface area (Å²) in [5, 5.41) is 6.90. The van der Waals surface area contributed by atoms with E-state index in [4.69, 9.17) is 0 Å². The van der Waals surface area contributed by atoms with Gasteiger partial charge in [-0.1, -0.05) is 13.8 Å². The van der Waals surface area contributed by atoms with Crippen molar-refractivity contribution in [2.45, 2.75) is 44.5 Å². The number of anilines is 1. The number of carbonyl (C=O) groups is 1. The van der Waals surface area contributed by atoms with Crippen LogP contribution >= 0.6 is 0 Å². The molecule has 0 spiro atoms. The third kappa shape index (κ3) is 3.38. The maximum Gasteiger partial charge on any atom is 0.313 e. The molecule has 0 unspecified atom stereocenters. The van der Waals surface area contributed by atoms with Gasteiger partial charge in [-0.05, 0) is 30.2 Å². The number of aryl methyl sites for hydroxylation is 1. The first-order valence-corrected chi connectivity index (χ1v) is 8.82. The van der Waals surface area contributed by atoms with E-state index >= 15 is 0 Å². The summed E-state index contributed by atoms with van der Waals surface area (Å²) in [6.45, 7) is 3.72. The second kappa shape index (κ2) is 6.86. The third-order valence-corrected chi connectivity index (χ3v) is 4.97. The first kappa shape index (κ1) is 20.3. The van der Waals surface area contributed by atoms with Gasteiger partial charge in [-0.3, -0.25) is 9.48 Å². The van der Waals surface area contributed by atoms with E-state index in [0.717, 1.165) is 0 Å². The van der Waals surface area contributed by atoms with Gasteiger partial charge in [0.2, 0.25) is 5.91 Å². The number of aromatic nitrogens is 2. The van der Waals surface area contributed by atoms with Gasteiger partial charge in [0.1, 0.15) is 11.6 Å². The van der Waals surface area contributed by atoms with Crippen molar-refractivity contribution in [3.63, 3.8) is 0 Å². The Morgan fingerprint density at radius 3 is 2.36 bits per heavy atom. The molecule has 1 aliphatic rings. The van der Waals surface area contributed by atoms with E-state index in [-0.39, 0.29) is 5.92 Å². The molecule has 1 N–H and O–H groups in total. The van der Waals surface area contributed by atoms with E-state index in [2.05, 4.69) is 10.4 Å². The third-order valence-electron chi connectivity index (χ3n) is 4.97. The van der Waals surface area contributed by atoms with Crippen LogP contribution in [0.25, 0.3) is 11.3 Å². The summed E-state index contributed by atoms with van der Waals surface area (Å²) >= 11 is 0. The highest BCUT2D eigenvalue weighted by atomic mass is 19.3. The number of rotatable bonds is 5. The van der Waals surface area contributed by atoms with E-state index in [9.17, 15) is 26.7 Å². The molecule has 0 bridgehead atoms. The van der Waals surface area contributed by atoms with Crippen molar-refractivity contribution in [2.24, 2.45) is 13.0 Å². The molecule has 1 saturated carbocycles. The fourth-order valence-corrected chi connectivity index (χ4v) is 3.40. The van der Waals surface area contributed by atoms with E-state index in [1.165, 1.54) is 16.8 Å². The lowest BCUT2D eigenvalue weighted by Crippen LogP contribution is -2.59. The molecule has 3 rings (SSSR count). The lowest BCUT2D eigenvalue weighted by Gasteiger charge is -2.43. The van der Waals surface area contributed by atoms with Crippen molar-refractivity contribution >= 4 is 11.7 Å². The predicted octanol–water partition coefficient (Wildman–Crippen LogP) is 4.97. The Morgan fingerprint density at radius 2 is 1.86 bits per heavy atom. The minimum absolute atomic E-state index is 0.0986. The number of nitrogens with one attached hydrogen (secondary N) is 1. The van der Waals surface area contributed by atoms with Crippen LogP contribution in [0.15, 0.2) is 24.3 Å². The van der Waals surface area contributed by atoms with E-state index in [1.807, 2.05) is 13.8 Å². The van der Waals surface area contributed by atoms with E-state index in [0.29, 0.717) is 22.6 Å². The average Bonchev–Trinajstić information content (AvgIpc) is 2.91. The monoisotopic (exact) mass is 401 g/mol. The average molecular weight is 401 g/mol. The molecule has 2 aromatic rings. The summed E-state index contributed by atoms with van der Waals surface area (Å²) in [5.74, 6) is -10.9. The number of hydrogen-bond acceptors (Lipinski definition) is 2. The van der Waals surface area contributed by atoms with Gasteiger partial charge in [0.05, 0.1) is 5.69 Å². The first-order valence-electron chi connectivity index (χ1n) is 8.82. The second-order valence-electron chi connectivity index (χ2n) is 7.38. The first-order chi connectivity index (χ1) is 12.9. The topological polar surface area (TPSA) is 46.9 Å². The molecule has 0 aliphatic heterocycles. The molecule has 1 atom stereocenters. The number of halogens is 5. The van der Waals surface area contributed by atoms with Gasteiger partial charge in [0.15, 0.2) is 0 Å². The van der Waals surface area contributed by atoms with Gasteiger partial charge in [0.25, 0.3) is 0 Å². The molecule has 1 heterocycles. The SMILES string of the molecule is CC(C)c1c(-c2ccc(F)cc2)nn(C)c1NC(=O)C[C@@H]1CC(F)(F)C1(F)F. The zero-order valence-electron chi connectivity index (χ0n) is 15.6. The van der Waals surface area contributed by atoms with Crippen LogP contribution in [-0.4, -0.2) is 27.5 Å². The van der Waals surface area contributed by atoms with Crippen molar-refractivity contribution in [1.82, 2.24) is 9.78 Å². The number of amides is 1. The Kier molecular flexibility index (Phi) is 4.97. The van der Waals surface area contributed by atoms with E-state index in [1.54, 1.807) is 19.2 Å². The lowest BCUT2D eigenvalue weighted by molar-refractivity contribution is -0.313. The van der Waals surface area contributed by atoms with Gasteiger partial charge in [0, 0.05) is 36.9 Å². The fourth-order valence-electron chi connectivity index (χ4n) is 3.40. The Hall–Kier alpha value is -2.45. The predicted molar refractivity (Wildman–Crippen MR) is 93.9 cm³/mol. The summed E-state index contributed by atoms with van der Waals surface area (Å²) in [4.78, 5) is 12.3. The molecule has 28 heavy (non-hydrogen) atoms. The van der Waals surface area contributed by atoms with Crippen molar-refractivity contribution in [2.75, 3.05) is 5.32 Å². The quantitative estimate of drug-likeness (QED) is 0.720. The van der Waals surface area contributed by atoms with Gasteiger partial charge < -0.3 is 5.32 Å². The van der Waals surface area contributed by atoms with E-state index < -0.39 is 42.3 Å². The smallest absolute Gasteiger partial charge is 0.311 e. The summed E-state index contributed by atoms with van der Waals surface area (Å²) < 4.78 is 67.4. The summed E-state index contributed by atoms with van der Waals surface area (Å²) in [5.41, 5.74) is 1.80. The molecular formula is C19H20F5N3O. The van der Waals surface area contributed by atoms with Crippen LogP contribution in [0.2, 0.25) is 0 Å². The zero-order valence-corrected chi connectivity index (χ0v) is 15.6. The van der Waals surface area contributed by atoms with Crippen LogP contribution in [0.4, 0.5) is 27.8 Å². The Labute approximate surface area is 158 Å². The molecule has 1 aromatic heterocycles. The highest BCUT2D eigenvalue weighted by Gasteiger charge is 2.71. The molecule has 1 aromatic carbocycles. The molecule has 0 radical (unpaired) electrons. The summed E-state index contributed by atoms with van der Waals surface area (Å²) in [6, 6.07) is 5.66. The van der Waals surface area contributed by atoms with Crippen molar-refractivity contribution in [3.05, 3.63) is 35.6 Å². The maximum atomic E-state index is 13.4. The number of nitrogens with zero attached hydrogens (tertiary/aromatic N) is 2. The maximum absolute atomic E-state index is 13.4. The number of alkyl halides is 4. The molecule has 1 fully saturated rings. The van der Waals surface area contributed by atoms with Crippen LogP contribution in [0, 0.1) is 11.7 Å². The normalized spacial score (nSPS) is 20.1. The van der Waals surface area contributed by atoms with Gasteiger partial charge in [-0.15, -0.1) is 0 Å². The second-order valence-corrected chi connectivity index (χ2v) is 7.38. The van der Waals surface area contributed by atoms with Gasteiger partial charge >= 0.3 is 11.8 Å². The Balaban J connectivity index is 1.84.